The Balaban J connectivity index is 1.64. The van der Waals surface area contributed by atoms with Gasteiger partial charge >= 0.3 is 0 Å². The molecule has 0 radical (unpaired) electrons. The Hall–Kier alpha value is -1.57. The van der Waals surface area contributed by atoms with Crippen LogP contribution in [-0.4, -0.2) is 43.0 Å². The second-order valence-electron chi connectivity index (χ2n) is 5.60. The number of nitrogens with zero attached hydrogens (tertiary/aromatic N) is 3. The van der Waals surface area contributed by atoms with Crippen LogP contribution < -0.4 is 10.6 Å². The third-order valence-corrected chi connectivity index (χ3v) is 4.51. The van der Waals surface area contributed by atoms with Crippen molar-refractivity contribution in [1.82, 2.24) is 10.2 Å². The number of nitrogens with one attached hydrogen (secondary N) is 2. The number of carbonyl (C=O) groups excluding carboxylic acids is 1. The number of fused-ring (bicyclic) bond motifs is 1. The first-order valence-electron chi connectivity index (χ1n) is 7.74. The van der Waals surface area contributed by atoms with Gasteiger partial charge in [0.05, 0.1) is 23.6 Å². The zero-order valence-corrected chi connectivity index (χ0v) is 13.5. The summed E-state index contributed by atoms with van der Waals surface area (Å²) in [7, 11) is 0. The molecule has 1 saturated heterocycles. The van der Waals surface area contributed by atoms with Crippen LogP contribution in [-0.2, 0) is 16.1 Å². The van der Waals surface area contributed by atoms with Crippen molar-refractivity contribution in [2.75, 3.05) is 31.5 Å². The van der Waals surface area contributed by atoms with Gasteiger partial charge in [-0.3, -0.25) is 9.69 Å². The Morgan fingerprint density at radius 1 is 1.50 bits per heavy atom. The number of carbonyl (C=O) groups is 1. The van der Waals surface area contributed by atoms with Crippen molar-refractivity contribution in [3.63, 3.8) is 0 Å². The van der Waals surface area contributed by atoms with Crippen molar-refractivity contribution in [2.45, 2.75) is 25.8 Å². The summed E-state index contributed by atoms with van der Waals surface area (Å²) in [6.07, 6.45) is 2.16. The summed E-state index contributed by atoms with van der Waals surface area (Å²) in [5, 5.41) is 6.35. The molecule has 0 aliphatic carbocycles. The molecular weight excluding hydrogens is 298 g/mol. The summed E-state index contributed by atoms with van der Waals surface area (Å²) in [5.74, 6) is 0.0147. The van der Waals surface area contributed by atoms with Gasteiger partial charge in [-0.25, -0.2) is 0 Å². The first kappa shape index (κ1) is 15.3. The normalized spacial score (nSPS) is 19.3. The van der Waals surface area contributed by atoms with Gasteiger partial charge in [0.1, 0.15) is 11.4 Å². The van der Waals surface area contributed by atoms with Crippen molar-refractivity contribution < 1.29 is 4.79 Å². The largest absolute Gasteiger partial charge is 0.323 e. The quantitative estimate of drug-likeness (QED) is 0.859. The maximum atomic E-state index is 12.4. The van der Waals surface area contributed by atoms with E-state index in [0.29, 0.717) is 12.6 Å². The van der Waals surface area contributed by atoms with E-state index >= 15 is 0 Å². The average molecular weight is 319 g/mol. The number of rotatable bonds is 6. The molecule has 2 N–H and O–H groups in total. The molecule has 1 amide bonds. The zero-order chi connectivity index (χ0) is 15.4. The minimum Gasteiger partial charge on any atom is -0.323 e. The highest BCUT2D eigenvalue weighted by molar-refractivity contribution is 7.58. The molecule has 0 aromatic heterocycles. The van der Waals surface area contributed by atoms with Crippen LogP contribution in [0.1, 0.15) is 19.8 Å². The van der Waals surface area contributed by atoms with Gasteiger partial charge in [-0.2, -0.15) is 8.73 Å². The van der Waals surface area contributed by atoms with E-state index in [1.807, 2.05) is 18.2 Å². The summed E-state index contributed by atoms with van der Waals surface area (Å²) in [5.41, 5.74) is 2.34. The second kappa shape index (κ2) is 7.13. The van der Waals surface area contributed by atoms with Crippen LogP contribution >= 0.6 is 0 Å². The standard InChI is InChI=1S/C15H21N5OS/c1-2-8-20(11-6-7-16-9-11)10-14(21)17-12-4-3-5-13-15(12)19-22-18-13/h3-5,11,16H,2,6-10H2,1H3,(H,17,21). The monoisotopic (exact) mass is 319 g/mol. The molecule has 2 aliphatic rings. The number of hydrogen-bond donors (Lipinski definition) is 2. The fraction of sp³-hybridized carbons (Fsp3) is 0.533. The third-order valence-electron chi connectivity index (χ3n) is 3.97. The van der Waals surface area contributed by atoms with Crippen molar-refractivity contribution >= 4 is 34.3 Å². The van der Waals surface area contributed by atoms with E-state index in [9.17, 15) is 4.79 Å². The number of amides is 1. The van der Waals surface area contributed by atoms with Crippen molar-refractivity contribution in [3.8, 4) is 0 Å². The molecule has 2 aliphatic heterocycles. The molecule has 1 fully saturated rings. The Bertz CT molecular complexity index is 620. The molecule has 0 spiro atoms. The SMILES string of the molecule is CCCN(CC(=O)Nc1cccc2c1N=S=N2)C1CCNC1. The first-order valence-corrected chi connectivity index (χ1v) is 8.47. The molecule has 3 rings (SSSR count). The molecule has 6 nitrogen and oxygen atoms in total. The van der Waals surface area contributed by atoms with Gasteiger partial charge in [-0.05, 0) is 38.1 Å². The molecular formula is C15H21N5OS. The maximum Gasteiger partial charge on any atom is 0.238 e. The third kappa shape index (κ3) is 3.43. The van der Waals surface area contributed by atoms with Crippen LogP contribution in [0.4, 0.5) is 17.1 Å². The predicted octanol–water partition coefficient (Wildman–Crippen LogP) is 2.43. The van der Waals surface area contributed by atoms with Crippen LogP contribution in [0.3, 0.4) is 0 Å². The van der Waals surface area contributed by atoms with E-state index < -0.39 is 0 Å². The summed E-state index contributed by atoms with van der Waals surface area (Å²) in [6, 6.07) is 6.14. The van der Waals surface area contributed by atoms with Gasteiger partial charge < -0.3 is 10.6 Å². The topological polar surface area (TPSA) is 69.1 Å². The molecule has 0 saturated carbocycles. The van der Waals surface area contributed by atoms with Crippen molar-refractivity contribution in [1.29, 1.82) is 0 Å². The van der Waals surface area contributed by atoms with Crippen molar-refractivity contribution in [2.24, 2.45) is 8.73 Å². The first-order chi connectivity index (χ1) is 10.8. The smallest absolute Gasteiger partial charge is 0.238 e. The summed E-state index contributed by atoms with van der Waals surface area (Å²) in [6.45, 7) is 5.53. The van der Waals surface area contributed by atoms with E-state index in [-0.39, 0.29) is 5.91 Å². The second-order valence-corrected chi connectivity index (χ2v) is 6.13. The van der Waals surface area contributed by atoms with Crippen molar-refractivity contribution in [3.05, 3.63) is 18.2 Å². The van der Waals surface area contributed by atoms with Gasteiger partial charge in [-0.1, -0.05) is 13.0 Å². The molecule has 7 heteroatoms. The fourth-order valence-electron chi connectivity index (χ4n) is 2.91. The summed E-state index contributed by atoms with van der Waals surface area (Å²) in [4.78, 5) is 14.7. The van der Waals surface area contributed by atoms with E-state index in [4.69, 9.17) is 0 Å². The van der Waals surface area contributed by atoms with Crippen LogP contribution in [0.15, 0.2) is 26.9 Å². The lowest BCUT2D eigenvalue weighted by Gasteiger charge is -2.27. The maximum absolute atomic E-state index is 12.4. The molecule has 1 aromatic rings. The lowest BCUT2D eigenvalue weighted by atomic mass is 10.2. The fourth-order valence-corrected chi connectivity index (χ4v) is 3.46. The summed E-state index contributed by atoms with van der Waals surface area (Å²) < 4.78 is 8.46. The van der Waals surface area contributed by atoms with Crippen LogP contribution in [0.5, 0.6) is 0 Å². The highest BCUT2D eigenvalue weighted by Crippen LogP contribution is 2.38. The highest BCUT2D eigenvalue weighted by Gasteiger charge is 2.24. The van der Waals surface area contributed by atoms with E-state index in [1.54, 1.807) is 0 Å². The van der Waals surface area contributed by atoms with Gasteiger partial charge in [0.2, 0.25) is 5.91 Å². The lowest BCUT2D eigenvalue weighted by molar-refractivity contribution is -0.117. The Morgan fingerprint density at radius 3 is 3.18 bits per heavy atom. The Kier molecular flexibility index (Phi) is 4.97. The van der Waals surface area contributed by atoms with E-state index in [2.05, 4.69) is 31.2 Å². The molecule has 1 atom stereocenters. The lowest BCUT2D eigenvalue weighted by Crippen LogP contribution is -2.42. The molecule has 22 heavy (non-hydrogen) atoms. The highest BCUT2D eigenvalue weighted by atomic mass is 32.1. The van der Waals surface area contributed by atoms with Crippen LogP contribution in [0.25, 0.3) is 0 Å². The van der Waals surface area contributed by atoms with Gasteiger partial charge in [0, 0.05) is 12.6 Å². The van der Waals surface area contributed by atoms with E-state index in [1.165, 1.54) is 11.4 Å². The minimum atomic E-state index is 0.0147. The average Bonchev–Trinajstić information content (AvgIpc) is 3.18. The van der Waals surface area contributed by atoms with Gasteiger partial charge in [-0.15, -0.1) is 0 Å². The Labute approximate surface area is 134 Å². The zero-order valence-electron chi connectivity index (χ0n) is 12.7. The van der Waals surface area contributed by atoms with E-state index in [0.717, 1.165) is 49.5 Å². The molecule has 2 heterocycles. The van der Waals surface area contributed by atoms with Gasteiger partial charge in [0.25, 0.3) is 0 Å². The predicted molar refractivity (Wildman–Crippen MR) is 89.8 cm³/mol. The molecule has 118 valence electrons. The number of benzene rings is 1. The van der Waals surface area contributed by atoms with Crippen LogP contribution in [0.2, 0.25) is 0 Å². The molecule has 1 aromatic carbocycles. The van der Waals surface area contributed by atoms with Crippen LogP contribution in [0, 0.1) is 0 Å². The summed E-state index contributed by atoms with van der Waals surface area (Å²) >= 11 is 1.17. The Morgan fingerprint density at radius 2 is 2.41 bits per heavy atom. The number of anilines is 1. The molecule has 1 unspecified atom stereocenters. The van der Waals surface area contributed by atoms with Gasteiger partial charge in [0.15, 0.2) is 0 Å². The minimum absolute atomic E-state index is 0.0147. The molecule has 0 bridgehead atoms. The number of hydrogen-bond acceptors (Lipinski definition) is 5.